The van der Waals surface area contributed by atoms with Crippen LogP contribution in [0.2, 0.25) is 0 Å². The molecular weight excluding hydrogens is 269 g/mol. The highest BCUT2D eigenvalue weighted by atomic mass is 35.5. The monoisotopic (exact) mass is 287 g/mol. The summed E-state index contributed by atoms with van der Waals surface area (Å²) in [4.78, 5) is 11.3. The van der Waals surface area contributed by atoms with Crippen molar-refractivity contribution in [1.82, 2.24) is 5.32 Å². The first-order chi connectivity index (χ1) is 8.70. The normalized spacial score (nSPS) is 13.4. The summed E-state index contributed by atoms with van der Waals surface area (Å²) in [6, 6.07) is 3.55. The minimum absolute atomic E-state index is 0. The summed E-state index contributed by atoms with van der Waals surface area (Å²) in [5.41, 5.74) is 2.70. The van der Waals surface area contributed by atoms with Gasteiger partial charge >= 0.3 is 5.97 Å². The Morgan fingerprint density at radius 2 is 2.26 bits per heavy atom. The molecule has 5 heteroatoms. The second kappa shape index (κ2) is 7.46. The molecule has 0 spiro atoms. The average Bonchev–Trinajstić information content (AvgIpc) is 2.37. The van der Waals surface area contributed by atoms with Crippen LogP contribution in [0.1, 0.15) is 30.0 Å². The molecule has 3 nitrogen and oxygen atoms in total. The molecule has 0 aromatic heterocycles. The van der Waals surface area contributed by atoms with Crippen molar-refractivity contribution in [2.24, 2.45) is 0 Å². The fraction of sp³-hybridized carbons (Fsp3) is 0.500. The number of benzene rings is 1. The maximum atomic E-state index is 13.8. The summed E-state index contributed by atoms with van der Waals surface area (Å²) in [6.07, 6.45) is 1.69. The number of ether oxygens (including phenoxy) is 1. The lowest BCUT2D eigenvalue weighted by atomic mass is 9.96. The third-order valence-corrected chi connectivity index (χ3v) is 3.14. The smallest absolute Gasteiger partial charge is 0.306 e. The lowest BCUT2D eigenvalue weighted by molar-refractivity contribution is -0.143. The highest BCUT2D eigenvalue weighted by Gasteiger charge is 2.14. The minimum atomic E-state index is -0.225. The Labute approximate surface area is 118 Å². The number of hydrogen-bond donors (Lipinski definition) is 1. The van der Waals surface area contributed by atoms with Gasteiger partial charge in [-0.15, -0.1) is 12.4 Å². The number of esters is 1. The van der Waals surface area contributed by atoms with E-state index in [4.69, 9.17) is 4.74 Å². The van der Waals surface area contributed by atoms with Gasteiger partial charge < -0.3 is 10.1 Å². The van der Waals surface area contributed by atoms with Gasteiger partial charge in [0, 0.05) is 18.5 Å². The van der Waals surface area contributed by atoms with Crippen molar-refractivity contribution in [2.75, 3.05) is 13.2 Å². The zero-order chi connectivity index (χ0) is 13.0. The summed E-state index contributed by atoms with van der Waals surface area (Å²) in [7, 11) is 0. The van der Waals surface area contributed by atoms with Gasteiger partial charge in [-0.05, 0) is 43.5 Å². The SMILES string of the molecule is CCOC(=O)CCc1cc(F)c2c(c1)CCNC2.Cl. The van der Waals surface area contributed by atoms with E-state index in [1.54, 1.807) is 6.92 Å². The molecular formula is C14H19ClFNO2. The molecule has 0 aliphatic carbocycles. The number of fused-ring (bicyclic) bond motifs is 1. The predicted molar refractivity (Wildman–Crippen MR) is 74.0 cm³/mol. The topological polar surface area (TPSA) is 38.3 Å². The van der Waals surface area contributed by atoms with E-state index in [1.165, 1.54) is 6.07 Å². The summed E-state index contributed by atoms with van der Waals surface area (Å²) in [5, 5.41) is 3.15. The Balaban J connectivity index is 0.00000180. The fourth-order valence-corrected chi connectivity index (χ4v) is 2.24. The molecule has 0 saturated carbocycles. The first-order valence-electron chi connectivity index (χ1n) is 6.37. The molecule has 0 bridgehead atoms. The van der Waals surface area contributed by atoms with E-state index in [9.17, 15) is 9.18 Å². The molecule has 1 aliphatic heterocycles. The maximum absolute atomic E-state index is 13.8. The molecule has 106 valence electrons. The zero-order valence-electron chi connectivity index (χ0n) is 11.0. The number of aryl methyl sites for hydroxylation is 1. The Hall–Kier alpha value is -1.13. The first kappa shape index (κ1) is 15.9. The number of hydrogen-bond acceptors (Lipinski definition) is 3. The van der Waals surface area contributed by atoms with Crippen LogP contribution in [0.25, 0.3) is 0 Å². The van der Waals surface area contributed by atoms with Crippen LogP contribution in [0.3, 0.4) is 0 Å². The molecule has 1 aromatic rings. The van der Waals surface area contributed by atoms with E-state index >= 15 is 0 Å². The highest BCUT2D eigenvalue weighted by Crippen LogP contribution is 2.20. The molecule has 0 atom stereocenters. The molecule has 0 unspecified atom stereocenters. The molecule has 0 saturated heterocycles. The molecule has 0 amide bonds. The molecule has 0 fully saturated rings. The van der Waals surface area contributed by atoms with E-state index in [0.717, 1.165) is 29.7 Å². The van der Waals surface area contributed by atoms with Crippen LogP contribution in [0.4, 0.5) is 4.39 Å². The first-order valence-corrected chi connectivity index (χ1v) is 6.37. The van der Waals surface area contributed by atoms with Crippen molar-refractivity contribution in [3.05, 3.63) is 34.6 Å². The second-order valence-electron chi connectivity index (χ2n) is 4.45. The van der Waals surface area contributed by atoms with Crippen LogP contribution in [0.5, 0.6) is 0 Å². The molecule has 2 rings (SSSR count). The van der Waals surface area contributed by atoms with Crippen LogP contribution < -0.4 is 5.32 Å². The Morgan fingerprint density at radius 3 is 3.00 bits per heavy atom. The van der Waals surface area contributed by atoms with Gasteiger partial charge in [-0.1, -0.05) is 6.07 Å². The Bertz CT molecular complexity index is 451. The van der Waals surface area contributed by atoms with Gasteiger partial charge in [0.25, 0.3) is 0 Å². The van der Waals surface area contributed by atoms with E-state index < -0.39 is 0 Å². The lowest BCUT2D eigenvalue weighted by Gasteiger charge is -2.18. The number of nitrogens with one attached hydrogen (secondary N) is 1. The van der Waals surface area contributed by atoms with Gasteiger partial charge in [-0.3, -0.25) is 4.79 Å². The van der Waals surface area contributed by atoms with Crippen molar-refractivity contribution >= 4 is 18.4 Å². The quantitative estimate of drug-likeness (QED) is 0.864. The molecule has 1 aliphatic rings. The Morgan fingerprint density at radius 1 is 1.47 bits per heavy atom. The van der Waals surface area contributed by atoms with Crippen molar-refractivity contribution in [2.45, 2.75) is 32.7 Å². The van der Waals surface area contributed by atoms with Crippen molar-refractivity contribution in [1.29, 1.82) is 0 Å². The van der Waals surface area contributed by atoms with Crippen molar-refractivity contribution < 1.29 is 13.9 Å². The summed E-state index contributed by atoms with van der Waals surface area (Å²) in [6.45, 7) is 3.65. The van der Waals surface area contributed by atoms with E-state index in [1.807, 2.05) is 6.07 Å². The standard InChI is InChI=1S/C14H18FNO2.ClH/c1-2-18-14(17)4-3-10-7-11-5-6-16-9-12(11)13(15)8-10;/h7-8,16H,2-6,9H2,1H3;1H. The predicted octanol–water partition coefficient (Wildman–Crippen LogP) is 2.39. The van der Waals surface area contributed by atoms with Gasteiger partial charge in [-0.2, -0.15) is 0 Å². The summed E-state index contributed by atoms with van der Waals surface area (Å²) >= 11 is 0. The molecule has 1 N–H and O–H groups in total. The second-order valence-corrected chi connectivity index (χ2v) is 4.45. The number of rotatable bonds is 4. The number of carbonyl (C=O) groups is 1. The van der Waals surface area contributed by atoms with Gasteiger partial charge in [0.2, 0.25) is 0 Å². The van der Waals surface area contributed by atoms with E-state index in [0.29, 0.717) is 26.0 Å². The van der Waals surface area contributed by atoms with Crippen molar-refractivity contribution in [3.8, 4) is 0 Å². The average molecular weight is 288 g/mol. The lowest BCUT2D eigenvalue weighted by Crippen LogP contribution is -2.24. The van der Waals surface area contributed by atoms with E-state index in [-0.39, 0.29) is 24.2 Å². The highest BCUT2D eigenvalue weighted by molar-refractivity contribution is 5.85. The minimum Gasteiger partial charge on any atom is -0.466 e. The zero-order valence-corrected chi connectivity index (χ0v) is 11.8. The van der Waals surface area contributed by atoms with Crippen LogP contribution in [-0.4, -0.2) is 19.1 Å². The molecule has 19 heavy (non-hydrogen) atoms. The summed E-state index contributed by atoms with van der Waals surface area (Å²) in [5.74, 6) is -0.393. The van der Waals surface area contributed by atoms with Crippen molar-refractivity contribution in [3.63, 3.8) is 0 Å². The van der Waals surface area contributed by atoms with Crippen LogP contribution in [0.15, 0.2) is 12.1 Å². The third-order valence-electron chi connectivity index (χ3n) is 3.14. The van der Waals surface area contributed by atoms with Crippen LogP contribution in [0, 0.1) is 5.82 Å². The molecule has 1 aromatic carbocycles. The fourth-order valence-electron chi connectivity index (χ4n) is 2.24. The maximum Gasteiger partial charge on any atom is 0.306 e. The van der Waals surface area contributed by atoms with Gasteiger partial charge in [-0.25, -0.2) is 4.39 Å². The van der Waals surface area contributed by atoms with Gasteiger partial charge in [0.1, 0.15) is 5.82 Å². The summed E-state index contributed by atoms with van der Waals surface area (Å²) < 4.78 is 18.7. The molecule has 1 heterocycles. The van der Waals surface area contributed by atoms with Crippen LogP contribution in [-0.2, 0) is 28.9 Å². The van der Waals surface area contributed by atoms with Crippen LogP contribution >= 0.6 is 12.4 Å². The Kier molecular flexibility index (Phi) is 6.25. The molecule has 0 radical (unpaired) electrons. The third kappa shape index (κ3) is 4.18. The van der Waals surface area contributed by atoms with Gasteiger partial charge in [0.05, 0.1) is 6.61 Å². The largest absolute Gasteiger partial charge is 0.466 e. The number of carbonyl (C=O) groups excluding carboxylic acids is 1. The van der Waals surface area contributed by atoms with Gasteiger partial charge in [0.15, 0.2) is 0 Å². The number of halogens is 2. The van der Waals surface area contributed by atoms with E-state index in [2.05, 4.69) is 5.32 Å².